The van der Waals surface area contributed by atoms with Crippen LogP contribution in [0.4, 0.5) is 5.69 Å². The van der Waals surface area contributed by atoms with Crippen LogP contribution in [-0.2, 0) is 11.2 Å². The number of methoxy groups -OCH3 is 1. The number of carbonyl (C=O) groups excluding carboxylic acids is 1. The van der Waals surface area contributed by atoms with Gasteiger partial charge in [-0.25, -0.2) is 4.79 Å². The molecule has 0 saturated heterocycles. The first kappa shape index (κ1) is 22.2. The van der Waals surface area contributed by atoms with E-state index in [1.807, 2.05) is 19.9 Å². The van der Waals surface area contributed by atoms with Crippen molar-refractivity contribution in [1.82, 2.24) is 0 Å². The molecule has 1 amide bonds. The minimum Gasteiger partial charge on any atom is -0.497 e. The summed E-state index contributed by atoms with van der Waals surface area (Å²) in [5.41, 5.74) is 1.73. The largest absolute Gasteiger partial charge is 0.497 e. The predicted octanol–water partition coefficient (Wildman–Crippen LogP) is 5.50. The highest BCUT2D eigenvalue weighted by molar-refractivity contribution is 9.10. The van der Waals surface area contributed by atoms with Crippen LogP contribution in [0, 0.1) is 6.92 Å². The molecule has 0 atom stereocenters. The highest BCUT2D eigenvalue weighted by Crippen LogP contribution is 2.36. The second-order valence-electron chi connectivity index (χ2n) is 6.60. The van der Waals surface area contributed by atoms with Crippen molar-refractivity contribution < 1.29 is 18.7 Å². The van der Waals surface area contributed by atoms with E-state index in [4.69, 9.17) is 25.5 Å². The number of rotatable bonds is 7. The molecule has 1 aromatic heterocycles. The van der Waals surface area contributed by atoms with Crippen molar-refractivity contribution in [2.75, 3.05) is 19.0 Å². The van der Waals surface area contributed by atoms with Crippen LogP contribution in [-0.4, -0.2) is 19.6 Å². The fraction of sp³-hybridized carbons (Fsp3) is 0.273. The summed E-state index contributed by atoms with van der Waals surface area (Å²) in [5, 5.41) is 4.08. The molecule has 158 valence electrons. The fourth-order valence-corrected chi connectivity index (χ4v) is 4.11. The van der Waals surface area contributed by atoms with E-state index >= 15 is 0 Å². The minimum absolute atomic E-state index is 0.100. The van der Waals surface area contributed by atoms with Crippen LogP contribution in [0.5, 0.6) is 11.5 Å². The van der Waals surface area contributed by atoms with Crippen LogP contribution >= 0.6 is 27.5 Å². The molecule has 0 unspecified atom stereocenters. The van der Waals surface area contributed by atoms with Crippen molar-refractivity contribution in [1.29, 1.82) is 0 Å². The van der Waals surface area contributed by atoms with Gasteiger partial charge in [0.25, 0.3) is 0 Å². The maximum Gasteiger partial charge on any atom is 0.339 e. The van der Waals surface area contributed by atoms with Gasteiger partial charge in [-0.2, -0.15) is 0 Å². The molecule has 2 aromatic carbocycles. The summed E-state index contributed by atoms with van der Waals surface area (Å²) in [7, 11) is 1.55. The SMILES string of the molecule is CCOc1c(Br)cc(Cl)cc1NC(=O)CCc1c(C)c2ccc(OC)cc2oc1=O. The molecule has 0 aliphatic carbocycles. The lowest BCUT2D eigenvalue weighted by atomic mass is 10.0. The minimum atomic E-state index is -0.457. The zero-order valence-corrected chi connectivity index (χ0v) is 19.1. The molecule has 1 N–H and O–H groups in total. The Morgan fingerprint density at radius 3 is 2.73 bits per heavy atom. The molecular weight excluding hydrogens is 474 g/mol. The molecule has 0 fully saturated rings. The topological polar surface area (TPSA) is 77.8 Å². The summed E-state index contributed by atoms with van der Waals surface area (Å²) in [6, 6.07) is 8.64. The van der Waals surface area contributed by atoms with Crippen molar-refractivity contribution >= 4 is 50.1 Å². The van der Waals surface area contributed by atoms with E-state index < -0.39 is 5.63 Å². The van der Waals surface area contributed by atoms with Crippen LogP contribution < -0.4 is 20.4 Å². The molecule has 30 heavy (non-hydrogen) atoms. The number of hydrogen-bond donors (Lipinski definition) is 1. The Kier molecular flexibility index (Phi) is 7.05. The number of fused-ring (bicyclic) bond motifs is 1. The predicted molar refractivity (Wildman–Crippen MR) is 121 cm³/mol. The number of nitrogens with one attached hydrogen (secondary N) is 1. The summed E-state index contributed by atoms with van der Waals surface area (Å²) in [4.78, 5) is 25.0. The molecule has 8 heteroatoms. The number of anilines is 1. The van der Waals surface area contributed by atoms with Gasteiger partial charge < -0.3 is 19.2 Å². The van der Waals surface area contributed by atoms with Gasteiger partial charge in [-0.05, 0) is 66.0 Å². The Balaban J connectivity index is 1.80. The van der Waals surface area contributed by atoms with E-state index in [1.54, 1.807) is 31.4 Å². The fourth-order valence-electron chi connectivity index (χ4n) is 3.19. The number of hydrogen-bond acceptors (Lipinski definition) is 5. The van der Waals surface area contributed by atoms with Crippen molar-refractivity contribution in [3.8, 4) is 11.5 Å². The Bertz CT molecular complexity index is 1160. The highest BCUT2D eigenvalue weighted by atomic mass is 79.9. The average Bonchev–Trinajstić information content (AvgIpc) is 2.69. The summed E-state index contributed by atoms with van der Waals surface area (Å²) < 4.78 is 16.9. The van der Waals surface area contributed by atoms with Gasteiger partial charge in [0.1, 0.15) is 11.3 Å². The van der Waals surface area contributed by atoms with Crippen molar-refractivity contribution in [3.63, 3.8) is 0 Å². The zero-order chi connectivity index (χ0) is 21.8. The molecular formula is C22H21BrClNO5. The Morgan fingerprint density at radius 2 is 2.03 bits per heavy atom. The van der Waals surface area contributed by atoms with Crippen molar-refractivity contribution in [2.45, 2.75) is 26.7 Å². The quantitative estimate of drug-likeness (QED) is 0.439. The number of benzene rings is 2. The van der Waals surface area contributed by atoms with Crippen LogP contribution in [0.1, 0.15) is 24.5 Å². The van der Waals surface area contributed by atoms with Gasteiger partial charge in [0.05, 0.1) is 23.9 Å². The molecule has 0 bridgehead atoms. The third-order valence-corrected chi connectivity index (χ3v) is 5.47. The molecule has 3 aromatic rings. The number of amides is 1. The molecule has 0 spiro atoms. The van der Waals surface area contributed by atoms with E-state index in [2.05, 4.69) is 21.2 Å². The molecule has 0 saturated carbocycles. The van der Waals surface area contributed by atoms with Crippen molar-refractivity contribution in [3.05, 3.63) is 61.4 Å². The van der Waals surface area contributed by atoms with Crippen LogP contribution in [0.3, 0.4) is 0 Å². The molecule has 6 nitrogen and oxygen atoms in total. The van der Waals surface area contributed by atoms with Gasteiger partial charge in [0.2, 0.25) is 5.91 Å². The number of carbonyl (C=O) groups is 1. The lowest BCUT2D eigenvalue weighted by Crippen LogP contribution is -2.17. The van der Waals surface area contributed by atoms with E-state index in [1.165, 1.54) is 0 Å². The third kappa shape index (κ3) is 4.79. The molecule has 0 radical (unpaired) electrons. The maximum absolute atomic E-state index is 12.6. The van der Waals surface area contributed by atoms with Crippen LogP contribution in [0.15, 0.2) is 44.0 Å². The van der Waals surface area contributed by atoms with Gasteiger partial charge >= 0.3 is 5.63 Å². The lowest BCUT2D eigenvalue weighted by Gasteiger charge is -2.14. The number of aryl methyl sites for hydroxylation is 1. The Labute approximate surface area is 187 Å². The van der Waals surface area contributed by atoms with E-state index in [0.29, 0.717) is 44.4 Å². The number of halogens is 2. The smallest absolute Gasteiger partial charge is 0.339 e. The van der Waals surface area contributed by atoms with E-state index in [0.717, 1.165) is 10.9 Å². The Morgan fingerprint density at radius 1 is 1.27 bits per heavy atom. The summed E-state index contributed by atoms with van der Waals surface area (Å²) >= 11 is 9.49. The normalized spacial score (nSPS) is 10.8. The first-order chi connectivity index (χ1) is 14.3. The molecule has 0 aliphatic heterocycles. The van der Waals surface area contributed by atoms with Gasteiger partial charge in [-0.3, -0.25) is 4.79 Å². The summed E-state index contributed by atoms with van der Waals surface area (Å²) in [5.74, 6) is 0.847. The second kappa shape index (κ2) is 9.53. The third-order valence-electron chi connectivity index (χ3n) is 4.67. The van der Waals surface area contributed by atoms with Gasteiger partial charge in [-0.1, -0.05) is 11.6 Å². The lowest BCUT2D eigenvalue weighted by molar-refractivity contribution is -0.116. The standard InChI is InChI=1S/C22H21BrClNO5/c1-4-29-21-17(23)9-13(24)10-18(21)25-20(26)8-7-16-12(2)15-6-5-14(28-3)11-19(15)30-22(16)27/h5-6,9-11H,4,7-8H2,1-3H3,(H,25,26). The van der Waals surface area contributed by atoms with Crippen LogP contribution in [0.25, 0.3) is 11.0 Å². The highest BCUT2D eigenvalue weighted by Gasteiger charge is 2.16. The monoisotopic (exact) mass is 493 g/mol. The first-order valence-corrected chi connectivity index (χ1v) is 10.5. The summed E-state index contributed by atoms with van der Waals surface area (Å²) in [6.07, 6.45) is 0.344. The van der Waals surface area contributed by atoms with Crippen LogP contribution in [0.2, 0.25) is 5.02 Å². The van der Waals surface area contributed by atoms with Gasteiger partial charge in [0.15, 0.2) is 5.75 Å². The molecule has 3 rings (SSSR count). The van der Waals surface area contributed by atoms with Crippen molar-refractivity contribution in [2.24, 2.45) is 0 Å². The number of ether oxygens (including phenoxy) is 2. The van der Waals surface area contributed by atoms with Gasteiger partial charge in [-0.15, -0.1) is 0 Å². The molecule has 0 aliphatic rings. The van der Waals surface area contributed by atoms with E-state index in [9.17, 15) is 9.59 Å². The first-order valence-electron chi connectivity index (χ1n) is 9.36. The summed E-state index contributed by atoms with van der Waals surface area (Å²) in [6.45, 7) is 4.13. The zero-order valence-electron chi connectivity index (χ0n) is 16.8. The maximum atomic E-state index is 12.6. The molecule has 1 heterocycles. The average molecular weight is 495 g/mol. The second-order valence-corrected chi connectivity index (χ2v) is 7.89. The Hall–Kier alpha value is -2.51. The van der Waals surface area contributed by atoms with Gasteiger partial charge in [0, 0.05) is 28.5 Å². The van der Waals surface area contributed by atoms with E-state index in [-0.39, 0.29) is 18.7 Å².